The van der Waals surface area contributed by atoms with Crippen LogP contribution >= 0.6 is 23.2 Å². The first-order valence-electron chi connectivity index (χ1n) is 4.65. The van der Waals surface area contributed by atoms with Gasteiger partial charge < -0.3 is 0 Å². The molecule has 0 aliphatic carbocycles. The highest BCUT2D eigenvalue weighted by molar-refractivity contribution is 6.24. The van der Waals surface area contributed by atoms with Crippen molar-refractivity contribution in [1.82, 2.24) is 0 Å². The minimum absolute atomic E-state index is 0.0257. The lowest BCUT2D eigenvalue weighted by molar-refractivity contribution is 0.487. The summed E-state index contributed by atoms with van der Waals surface area (Å²) in [6.07, 6.45) is 4.24. The molecular weight excluding hydrogens is 191 g/mol. The fraction of sp³-hybridized carbons (Fsp3) is 1.00. The SMILES string of the molecule is CCC(C)(Cl)CCCC(C)(C)Cl. The lowest BCUT2D eigenvalue weighted by Crippen LogP contribution is -2.17. The predicted molar refractivity (Wildman–Crippen MR) is 58.3 cm³/mol. The van der Waals surface area contributed by atoms with E-state index in [1.165, 1.54) is 0 Å². The van der Waals surface area contributed by atoms with Gasteiger partial charge in [0.05, 0.1) is 0 Å². The molecule has 0 saturated carbocycles. The van der Waals surface area contributed by atoms with Crippen molar-refractivity contribution < 1.29 is 0 Å². The molecular formula is C10H20Cl2. The third kappa shape index (κ3) is 7.24. The molecule has 0 aliphatic heterocycles. The first kappa shape index (κ1) is 12.6. The van der Waals surface area contributed by atoms with Gasteiger partial charge in [-0.15, -0.1) is 23.2 Å². The maximum Gasteiger partial charge on any atom is 0.0416 e. The van der Waals surface area contributed by atoms with Crippen LogP contribution in [0.3, 0.4) is 0 Å². The van der Waals surface area contributed by atoms with E-state index >= 15 is 0 Å². The number of hydrogen-bond donors (Lipinski definition) is 0. The quantitative estimate of drug-likeness (QED) is 0.584. The Balaban J connectivity index is 3.57. The monoisotopic (exact) mass is 210 g/mol. The molecule has 0 rings (SSSR count). The van der Waals surface area contributed by atoms with Crippen LogP contribution < -0.4 is 0 Å². The maximum absolute atomic E-state index is 6.21. The van der Waals surface area contributed by atoms with Crippen LogP contribution in [-0.2, 0) is 0 Å². The molecule has 0 aromatic rings. The zero-order valence-electron chi connectivity index (χ0n) is 8.58. The molecule has 0 N–H and O–H groups in total. The highest BCUT2D eigenvalue weighted by Crippen LogP contribution is 2.28. The average Bonchev–Trinajstić information content (AvgIpc) is 1.84. The van der Waals surface area contributed by atoms with Crippen LogP contribution in [0.2, 0.25) is 0 Å². The number of rotatable bonds is 5. The minimum Gasteiger partial charge on any atom is -0.120 e. The predicted octanol–water partition coefficient (Wildman–Crippen LogP) is 4.58. The first-order valence-corrected chi connectivity index (χ1v) is 5.40. The second-order valence-corrected chi connectivity index (χ2v) is 6.27. The second kappa shape index (κ2) is 4.72. The number of halogens is 2. The van der Waals surface area contributed by atoms with Crippen LogP contribution in [0.5, 0.6) is 0 Å². The molecule has 74 valence electrons. The van der Waals surface area contributed by atoms with Crippen molar-refractivity contribution in [1.29, 1.82) is 0 Å². The van der Waals surface area contributed by atoms with Gasteiger partial charge in [0.1, 0.15) is 0 Å². The van der Waals surface area contributed by atoms with Crippen LogP contribution in [0.15, 0.2) is 0 Å². The van der Waals surface area contributed by atoms with Crippen LogP contribution in [0.4, 0.5) is 0 Å². The van der Waals surface area contributed by atoms with Gasteiger partial charge in [0, 0.05) is 9.75 Å². The zero-order valence-corrected chi connectivity index (χ0v) is 10.1. The van der Waals surface area contributed by atoms with Gasteiger partial charge in [0.2, 0.25) is 0 Å². The molecule has 0 fully saturated rings. The molecule has 0 heterocycles. The summed E-state index contributed by atoms with van der Waals surface area (Å²) in [5.41, 5.74) is 0. The Bertz CT molecular complexity index is 122. The fourth-order valence-corrected chi connectivity index (χ4v) is 1.32. The van der Waals surface area contributed by atoms with Gasteiger partial charge in [0.15, 0.2) is 0 Å². The Morgan fingerprint density at radius 2 is 1.50 bits per heavy atom. The molecule has 2 heteroatoms. The van der Waals surface area contributed by atoms with E-state index in [2.05, 4.69) is 13.8 Å². The van der Waals surface area contributed by atoms with Crippen LogP contribution in [-0.4, -0.2) is 9.75 Å². The summed E-state index contributed by atoms with van der Waals surface area (Å²) in [6.45, 7) is 8.31. The molecule has 1 unspecified atom stereocenters. The fourth-order valence-electron chi connectivity index (χ4n) is 1.05. The Hall–Kier alpha value is 0.580. The standard InChI is InChI=1S/C10H20Cl2/c1-5-10(4,12)8-6-7-9(2,3)11/h5-8H2,1-4H3. The Morgan fingerprint density at radius 3 is 1.83 bits per heavy atom. The average molecular weight is 211 g/mol. The third-order valence-corrected chi connectivity index (χ3v) is 2.85. The van der Waals surface area contributed by atoms with Gasteiger partial charge in [-0.2, -0.15) is 0 Å². The third-order valence-electron chi connectivity index (χ3n) is 2.21. The van der Waals surface area contributed by atoms with E-state index in [1.807, 2.05) is 13.8 Å². The molecule has 0 spiro atoms. The molecule has 1 atom stereocenters. The summed E-state index contributed by atoms with van der Waals surface area (Å²) in [7, 11) is 0. The van der Waals surface area contributed by atoms with Crippen LogP contribution in [0.25, 0.3) is 0 Å². The smallest absolute Gasteiger partial charge is 0.0416 e. The Kier molecular flexibility index (Phi) is 4.94. The van der Waals surface area contributed by atoms with Gasteiger partial charge in [-0.25, -0.2) is 0 Å². The van der Waals surface area contributed by atoms with E-state index in [0.29, 0.717) is 0 Å². The highest BCUT2D eigenvalue weighted by Gasteiger charge is 2.20. The van der Waals surface area contributed by atoms with Crippen molar-refractivity contribution in [3.63, 3.8) is 0 Å². The summed E-state index contributed by atoms with van der Waals surface area (Å²) in [6, 6.07) is 0. The normalized spacial score (nSPS) is 17.5. The maximum atomic E-state index is 6.21. The summed E-state index contributed by atoms with van der Waals surface area (Å²) >= 11 is 12.3. The first-order chi connectivity index (χ1) is 5.27. The van der Waals surface area contributed by atoms with E-state index in [1.54, 1.807) is 0 Å². The van der Waals surface area contributed by atoms with Gasteiger partial charge in [-0.05, 0) is 46.5 Å². The molecule has 0 nitrogen and oxygen atoms in total. The molecule has 0 saturated heterocycles. The van der Waals surface area contributed by atoms with Crippen molar-refractivity contribution in [2.24, 2.45) is 0 Å². The van der Waals surface area contributed by atoms with E-state index in [4.69, 9.17) is 23.2 Å². The minimum atomic E-state index is -0.0687. The number of alkyl halides is 2. The largest absolute Gasteiger partial charge is 0.120 e. The van der Waals surface area contributed by atoms with Crippen molar-refractivity contribution in [2.75, 3.05) is 0 Å². The topological polar surface area (TPSA) is 0 Å². The van der Waals surface area contributed by atoms with Crippen molar-refractivity contribution in [3.05, 3.63) is 0 Å². The van der Waals surface area contributed by atoms with Gasteiger partial charge in [-0.1, -0.05) is 6.92 Å². The van der Waals surface area contributed by atoms with Crippen molar-refractivity contribution >= 4 is 23.2 Å². The summed E-state index contributed by atoms with van der Waals surface area (Å²) in [4.78, 5) is -0.0944. The van der Waals surface area contributed by atoms with E-state index in [-0.39, 0.29) is 9.75 Å². The van der Waals surface area contributed by atoms with Crippen LogP contribution in [0, 0.1) is 0 Å². The van der Waals surface area contributed by atoms with Gasteiger partial charge in [0.25, 0.3) is 0 Å². The molecule has 0 bridgehead atoms. The lowest BCUT2D eigenvalue weighted by atomic mass is 9.97. The molecule has 0 aromatic carbocycles. The van der Waals surface area contributed by atoms with Crippen molar-refractivity contribution in [2.45, 2.75) is 63.1 Å². The van der Waals surface area contributed by atoms with Crippen molar-refractivity contribution in [3.8, 4) is 0 Å². The Morgan fingerprint density at radius 1 is 1.00 bits per heavy atom. The zero-order chi connectivity index (χ0) is 9.83. The number of hydrogen-bond acceptors (Lipinski definition) is 0. The highest BCUT2D eigenvalue weighted by atomic mass is 35.5. The van der Waals surface area contributed by atoms with Crippen LogP contribution in [0.1, 0.15) is 53.4 Å². The molecule has 0 aliphatic rings. The van der Waals surface area contributed by atoms with E-state index in [0.717, 1.165) is 25.7 Å². The van der Waals surface area contributed by atoms with E-state index in [9.17, 15) is 0 Å². The molecule has 12 heavy (non-hydrogen) atoms. The Labute approximate surface area is 86.6 Å². The summed E-state index contributed by atoms with van der Waals surface area (Å²) < 4.78 is 0. The molecule has 0 aromatic heterocycles. The van der Waals surface area contributed by atoms with Gasteiger partial charge in [-0.3, -0.25) is 0 Å². The molecule has 0 radical (unpaired) electrons. The lowest BCUT2D eigenvalue weighted by Gasteiger charge is -2.22. The van der Waals surface area contributed by atoms with Gasteiger partial charge >= 0.3 is 0 Å². The summed E-state index contributed by atoms with van der Waals surface area (Å²) in [5, 5.41) is 0. The molecule has 0 amide bonds. The second-order valence-electron chi connectivity index (χ2n) is 4.34. The summed E-state index contributed by atoms with van der Waals surface area (Å²) in [5.74, 6) is 0. The van der Waals surface area contributed by atoms with E-state index < -0.39 is 0 Å².